The van der Waals surface area contributed by atoms with Crippen molar-refractivity contribution in [1.29, 1.82) is 5.26 Å². The van der Waals surface area contributed by atoms with Crippen molar-refractivity contribution >= 4 is 17.7 Å². The van der Waals surface area contributed by atoms with Crippen molar-refractivity contribution in [2.45, 2.75) is 24.5 Å². The number of aliphatic hydroxyl groups excluding tert-OH is 2. The number of carbonyl (C=O) groups is 3. The topological polar surface area (TPSA) is 157 Å². The maximum absolute atomic E-state index is 13.5. The van der Waals surface area contributed by atoms with E-state index in [1.165, 1.54) is 6.07 Å². The van der Waals surface area contributed by atoms with Crippen LogP contribution in [0, 0.1) is 23.2 Å². The van der Waals surface area contributed by atoms with Gasteiger partial charge in [0.1, 0.15) is 23.2 Å². The van der Waals surface area contributed by atoms with Gasteiger partial charge in [-0.25, -0.2) is 4.79 Å². The van der Waals surface area contributed by atoms with Crippen LogP contribution in [0.4, 0.5) is 4.79 Å². The lowest BCUT2D eigenvalue weighted by Gasteiger charge is -2.50. The summed E-state index contributed by atoms with van der Waals surface area (Å²) in [5, 5.41) is 42.1. The number of phenols is 1. The second kappa shape index (κ2) is 7.64. The number of nitriles is 1. The second-order valence-electron chi connectivity index (χ2n) is 8.55. The van der Waals surface area contributed by atoms with Crippen LogP contribution in [0.2, 0.25) is 0 Å². The van der Waals surface area contributed by atoms with Gasteiger partial charge in [-0.15, -0.1) is 0 Å². The number of likely N-dealkylation sites (N-methyl/N-ethyl adjacent to an activating group) is 1. The summed E-state index contributed by atoms with van der Waals surface area (Å²) in [6, 6.07) is 5.28. The molecule has 10 heteroatoms. The van der Waals surface area contributed by atoms with E-state index < -0.39 is 58.3 Å². The molecule has 3 aliphatic rings. The number of fused-ring (bicyclic) bond motifs is 3. The molecule has 0 aromatic heterocycles. The van der Waals surface area contributed by atoms with Crippen LogP contribution in [0.1, 0.15) is 22.3 Å². The van der Waals surface area contributed by atoms with E-state index in [1.54, 1.807) is 37.2 Å². The summed E-state index contributed by atoms with van der Waals surface area (Å²) in [5.74, 6) is -5.06. The molecule has 0 heterocycles. The van der Waals surface area contributed by atoms with Gasteiger partial charge in [-0.05, 0) is 44.5 Å². The third kappa shape index (κ3) is 2.93. The molecule has 0 bridgehead atoms. The number of nitrogens with zero attached hydrogens (tertiary/aromatic N) is 2. The van der Waals surface area contributed by atoms with Gasteiger partial charge in [-0.3, -0.25) is 14.5 Å². The molecule has 0 saturated heterocycles. The molecular formula is C23H22N2O8. The van der Waals surface area contributed by atoms with E-state index in [0.29, 0.717) is 5.56 Å². The molecule has 10 nitrogen and oxygen atoms in total. The lowest BCUT2D eigenvalue weighted by Crippen LogP contribution is -2.64. The van der Waals surface area contributed by atoms with Crippen LogP contribution in [0.5, 0.6) is 5.75 Å². The molecule has 1 aromatic carbocycles. The molecule has 172 valence electrons. The van der Waals surface area contributed by atoms with Crippen LogP contribution in [0.3, 0.4) is 0 Å². The normalized spacial score (nSPS) is 28.6. The number of hydrogen-bond donors (Lipinski definition) is 3. The van der Waals surface area contributed by atoms with Gasteiger partial charge in [-0.1, -0.05) is 12.1 Å². The first-order chi connectivity index (χ1) is 15.6. The molecule has 1 aromatic rings. The average Bonchev–Trinajstić information content (AvgIpc) is 2.75. The number of benzene rings is 1. The Bertz CT molecular complexity index is 1190. The summed E-state index contributed by atoms with van der Waals surface area (Å²) in [7, 11) is 4.22. The fraction of sp³-hybridized carbons (Fsp3) is 0.391. The fourth-order valence-corrected chi connectivity index (χ4v) is 5.38. The highest BCUT2D eigenvalue weighted by Crippen LogP contribution is 2.53. The smallest absolute Gasteiger partial charge is 0.509 e. The fourth-order valence-electron chi connectivity index (χ4n) is 5.38. The van der Waals surface area contributed by atoms with E-state index in [0.717, 1.165) is 7.11 Å². The number of carbonyl (C=O) groups excluding carboxylic acids is 3. The van der Waals surface area contributed by atoms with Crippen molar-refractivity contribution < 1.29 is 39.2 Å². The maximum Gasteiger partial charge on any atom is 0.509 e. The minimum atomic E-state index is -2.46. The number of aromatic hydroxyl groups is 1. The summed E-state index contributed by atoms with van der Waals surface area (Å²) >= 11 is 0. The molecule has 0 spiro atoms. The van der Waals surface area contributed by atoms with Gasteiger partial charge in [0.05, 0.1) is 18.7 Å². The van der Waals surface area contributed by atoms with Crippen LogP contribution < -0.4 is 0 Å². The molecule has 4 rings (SSSR count). The lowest BCUT2D eigenvalue weighted by molar-refractivity contribution is -0.151. The van der Waals surface area contributed by atoms with Crippen LogP contribution in [0.15, 0.2) is 40.9 Å². The van der Waals surface area contributed by atoms with Gasteiger partial charge in [0, 0.05) is 11.5 Å². The predicted octanol–water partition coefficient (Wildman–Crippen LogP) is 1.95. The van der Waals surface area contributed by atoms with Crippen molar-refractivity contribution in [2.24, 2.45) is 11.8 Å². The number of phenolic OH excluding ortho intramolecular Hbond substituents is 1. The monoisotopic (exact) mass is 454 g/mol. The summed E-state index contributed by atoms with van der Waals surface area (Å²) in [4.78, 5) is 40.7. The van der Waals surface area contributed by atoms with E-state index >= 15 is 0 Å². The SMILES string of the molecule is COC(=O)OC12C(=O)C(C#N)=C(O)C(N(C)C)[C@@H]1C[C@@H]1Cc3cccc(O)c3C(=O)C1=C2O. The van der Waals surface area contributed by atoms with E-state index in [4.69, 9.17) is 4.74 Å². The number of Topliss-reactive ketones (excluding diaryl/α,β-unsaturated/α-hetero) is 2. The Hall–Kier alpha value is -3.84. The Kier molecular flexibility index (Phi) is 5.17. The van der Waals surface area contributed by atoms with E-state index in [-0.39, 0.29) is 29.7 Å². The number of ketones is 2. The number of rotatable bonds is 2. The molecule has 0 saturated carbocycles. The number of aliphatic hydroxyl groups is 2. The Morgan fingerprint density at radius 2 is 1.94 bits per heavy atom. The highest BCUT2D eigenvalue weighted by molar-refractivity contribution is 6.16. The molecule has 33 heavy (non-hydrogen) atoms. The number of methoxy groups -OCH3 is 1. The summed E-state index contributed by atoms with van der Waals surface area (Å²) in [6.45, 7) is 0. The van der Waals surface area contributed by atoms with E-state index in [1.807, 2.05) is 0 Å². The first-order valence-electron chi connectivity index (χ1n) is 10.2. The van der Waals surface area contributed by atoms with Gasteiger partial charge in [-0.2, -0.15) is 5.26 Å². The molecular weight excluding hydrogens is 432 g/mol. The zero-order chi connectivity index (χ0) is 24.2. The zero-order valence-electron chi connectivity index (χ0n) is 18.2. The van der Waals surface area contributed by atoms with Crippen LogP contribution >= 0.6 is 0 Å². The third-order valence-electron chi connectivity index (χ3n) is 6.70. The van der Waals surface area contributed by atoms with Crippen molar-refractivity contribution in [3.8, 4) is 11.8 Å². The quantitative estimate of drug-likeness (QED) is 0.564. The molecule has 4 atom stereocenters. The van der Waals surface area contributed by atoms with Gasteiger partial charge in [0.2, 0.25) is 11.4 Å². The molecule has 3 N–H and O–H groups in total. The summed E-state index contributed by atoms with van der Waals surface area (Å²) in [6.07, 6.45) is -0.973. The van der Waals surface area contributed by atoms with Gasteiger partial charge >= 0.3 is 6.16 Å². The minimum Gasteiger partial charge on any atom is -0.509 e. The Morgan fingerprint density at radius 3 is 2.55 bits per heavy atom. The van der Waals surface area contributed by atoms with Crippen molar-refractivity contribution in [3.63, 3.8) is 0 Å². The van der Waals surface area contributed by atoms with Gasteiger partial charge < -0.3 is 24.8 Å². The molecule has 0 fully saturated rings. The second-order valence-corrected chi connectivity index (χ2v) is 8.55. The molecule has 0 aliphatic heterocycles. The van der Waals surface area contributed by atoms with Crippen LogP contribution in [-0.4, -0.2) is 70.8 Å². The number of ether oxygens (including phenoxy) is 2. The van der Waals surface area contributed by atoms with Crippen molar-refractivity contribution in [1.82, 2.24) is 4.90 Å². The van der Waals surface area contributed by atoms with Gasteiger partial charge in [0.15, 0.2) is 11.5 Å². The largest absolute Gasteiger partial charge is 0.509 e. The molecule has 2 unspecified atom stereocenters. The molecule has 0 radical (unpaired) electrons. The number of allylic oxidation sites excluding steroid dienone is 1. The van der Waals surface area contributed by atoms with Gasteiger partial charge in [0.25, 0.3) is 0 Å². The minimum absolute atomic E-state index is 0.00622. The maximum atomic E-state index is 13.5. The Labute approximate surface area is 188 Å². The van der Waals surface area contributed by atoms with Crippen molar-refractivity contribution in [3.05, 3.63) is 52.0 Å². The standard InChI is InChI=1S/C23H22N2O8/c1-25(2)17-13-8-11-7-10-5-4-6-14(26)15(10)19(28)16(11)21(30)23(13,33-22(31)32-3)20(29)12(9-24)18(17)27/h4-6,11,13,17,26-27,30H,7-8H2,1-3H3/t11-,13-,17?,23?/m0/s1. The highest BCUT2D eigenvalue weighted by Gasteiger charge is 2.66. The molecule has 0 amide bonds. The van der Waals surface area contributed by atoms with Crippen molar-refractivity contribution in [2.75, 3.05) is 21.2 Å². The zero-order valence-corrected chi connectivity index (χ0v) is 18.2. The Morgan fingerprint density at radius 1 is 1.24 bits per heavy atom. The summed E-state index contributed by atoms with van der Waals surface area (Å²) < 4.78 is 9.95. The predicted molar refractivity (Wildman–Crippen MR) is 111 cm³/mol. The van der Waals surface area contributed by atoms with E-state index in [2.05, 4.69) is 4.74 Å². The third-order valence-corrected chi connectivity index (χ3v) is 6.70. The van der Waals surface area contributed by atoms with Crippen LogP contribution in [0.25, 0.3) is 0 Å². The first kappa shape index (κ1) is 22.4. The number of hydrogen-bond acceptors (Lipinski definition) is 10. The van der Waals surface area contributed by atoms with Crippen LogP contribution in [-0.2, 0) is 20.7 Å². The lowest BCUT2D eigenvalue weighted by atomic mass is 9.58. The molecule has 3 aliphatic carbocycles. The first-order valence-corrected chi connectivity index (χ1v) is 10.2. The Balaban J connectivity index is 2.03. The average molecular weight is 454 g/mol. The summed E-state index contributed by atoms with van der Waals surface area (Å²) in [5.41, 5.74) is -2.75. The highest BCUT2D eigenvalue weighted by atomic mass is 16.7. The van der Waals surface area contributed by atoms with E-state index in [9.17, 15) is 35.0 Å².